The van der Waals surface area contributed by atoms with Crippen molar-refractivity contribution in [2.45, 2.75) is 13.0 Å². The lowest BCUT2D eigenvalue weighted by Gasteiger charge is -2.17. The number of benzene rings is 3. The van der Waals surface area contributed by atoms with Gasteiger partial charge in [0.1, 0.15) is 0 Å². The van der Waals surface area contributed by atoms with Crippen molar-refractivity contribution in [2.75, 3.05) is 11.5 Å². The van der Waals surface area contributed by atoms with Gasteiger partial charge in [0.05, 0.1) is 17.1 Å². The van der Waals surface area contributed by atoms with Crippen LogP contribution in [-0.2, 0) is 0 Å². The van der Waals surface area contributed by atoms with Crippen LogP contribution in [0.25, 0.3) is 21.8 Å². The molecule has 0 fully saturated rings. The van der Waals surface area contributed by atoms with Crippen LogP contribution < -0.4 is 11.5 Å². The highest BCUT2D eigenvalue weighted by atomic mass is 15.0. The van der Waals surface area contributed by atoms with Crippen LogP contribution in [0.2, 0.25) is 0 Å². The SMILES string of the molecule is CC(c1ccccc1)n1c2cc(N)ccc2c2ccc(N)cc21. The van der Waals surface area contributed by atoms with E-state index in [2.05, 4.69) is 47.9 Å². The molecule has 0 saturated carbocycles. The van der Waals surface area contributed by atoms with Gasteiger partial charge in [0.25, 0.3) is 0 Å². The molecule has 0 aliphatic carbocycles. The molecule has 0 aliphatic rings. The summed E-state index contributed by atoms with van der Waals surface area (Å²) in [6.07, 6.45) is 0. The Hall–Kier alpha value is -2.94. The summed E-state index contributed by atoms with van der Waals surface area (Å²) in [7, 11) is 0. The molecule has 4 N–H and O–H groups in total. The van der Waals surface area contributed by atoms with Gasteiger partial charge in [0, 0.05) is 22.1 Å². The maximum absolute atomic E-state index is 6.05. The quantitative estimate of drug-likeness (QED) is 0.533. The maximum Gasteiger partial charge on any atom is 0.0563 e. The minimum absolute atomic E-state index is 0.194. The van der Waals surface area contributed by atoms with Crippen molar-refractivity contribution < 1.29 is 0 Å². The molecule has 114 valence electrons. The largest absolute Gasteiger partial charge is 0.399 e. The van der Waals surface area contributed by atoms with Gasteiger partial charge < -0.3 is 16.0 Å². The van der Waals surface area contributed by atoms with E-state index in [1.807, 2.05) is 30.3 Å². The fraction of sp³-hybridized carbons (Fsp3) is 0.100. The molecule has 0 saturated heterocycles. The van der Waals surface area contributed by atoms with Crippen molar-refractivity contribution in [3.63, 3.8) is 0 Å². The van der Waals surface area contributed by atoms with E-state index in [1.165, 1.54) is 16.3 Å². The molecule has 3 aromatic carbocycles. The first-order valence-electron chi connectivity index (χ1n) is 7.79. The van der Waals surface area contributed by atoms with Crippen molar-refractivity contribution >= 4 is 33.2 Å². The van der Waals surface area contributed by atoms with Gasteiger partial charge in [-0.25, -0.2) is 0 Å². The summed E-state index contributed by atoms with van der Waals surface area (Å²) in [6.45, 7) is 2.21. The lowest BCUT2D eigenvalue weighted by Crippen LogP contribution is -2.06. The summed E-state index contributed by atoms with van der Waals surface area (Å²) in [6, 6.07) is 22.9. The Balaban J connectivity index is 2.09. The molecule has 3 heteroatoms. The summed E-state index contributed by atoms with van der Waals surface area (Å²) >= 11 is 0. The second kappa shape index (κ2) is 5.06. The van der Waals surface area contributed by atoms with E-state index in [0.717, 1.165) is 22.4 Å². The lowest BCUT2D eigenvalue weighted by molar-refractivity contribution is 0.685. The van der Waals surface area contributed by atoms with Crippen LogP contribution in [-0.4, -0.2) is 4.57 Å². The Bertz CT molecular complexity index is 940. The molecule has 0 amide bonds. The first kappa shape index (κ1) is 13.7. The number of aromatic nitrogens is 1. The monoisotopic (exact) mass is 301 g/mol. The fourth-order valence-corrected chi connectivity index (χ4v) is 3.38. The van der Waals surface area contributed by atoms with Crippen LogP contribution in [0.15, 0.2) is 66.7 Å². The standard InChI is InChI=1S/C20H19N3/c1-13(14-5-3-2-4-6-14)23-19-11-15(21)7-9-17(19)18-10-8-16(22)12-20(18)23/h2-13H,21-22H2,1H3. The summed E-state index contributed by atoms with van der Waals surface area (Å²) < 4.78 is 2.33. The molecule has 3 nitrogen and oxygen atoms in total. The van der Waals surface area contributed by atoms with Crippen LogP contribution in [0, 0.1) is 0 Å². The van der Waals surface area contributed by atoms with E-state index in [0.29, 0.717) is 0 Å². The average Bonchev–Trinajstić information content (AvgIpc) is 2.87. The molecule has 0 aliphatic heterocycles. The van der Waals surface area contributed by atoms with Crippen LogP contribution in [0.1, 0.15) is 18.5 Å². The molecule has 1 aromatic heterocycles. The second-order valence-electron chi connectivity index (χ2n) is 6.01. The predicted octanol–water partition coefficient (Wildman–Crippen LogP) is 4.57. The second-order valence-corrected chi connectivity index (χ2v) is 6.01. The van der Waals surface area contributed by atoms with Gasteiger partial charge in [-0.3, -0.25) is 0 Å². The van der Waals surface area contributed by atoms with E-state index in [-0.39, 0.29) is 6.04 Å². The van der Waals surface area contributed by atoms with E-state index in [1.54, 1.807) is 0 Å². The van der Waals surface area contributed by atoms with E-state index in [9.17, 15) is 0 Å². The van der Waals surface area contributed by atoms with Crippen LogP contribution in [0.4, 0.5) is 11.4 Å². The number of fused-ring (bicyclic) bond motifs is 3. The van der Waals surface area contributed by atoms with E-state index in [4.69, 9.17) is 11.5 Å². The average molecular weight is 301 g/mol. The van der Waals surface area contributed by atoms with Crippen LogP contribution >= 0.6 is 0 Å². The minimum atomic E-state index is 0.194. The molecule has 0 radical (unpaired) electrons. The molecule has 1 heterocycles. The highest BCUT2D eigenvalue weighted by Crippen LogP contribution is 2.35. The zero-order chi connectivity index (χ0) is 16.0. The number of anilines is 2. The first-order chi connectivity index (χ1) is 11.1. The van der Waals surface area contributed by atoms with Gasteiger partial charge in [0.15, 0.2) is 0 Å². The number of hydrogen-bond donors (Lipinski definition) is 2. The van der Waals surface area contributed by atoms with Crippen LogP contribution in [0.3, 0.4) is 0 Å². The van der Waals surface area contributed by atoms with Crippen LogP contribution in [0.5, 0.6) is 0 Å². The van der Waals surface area contributed by atoms with E-state index < -0.39 is 0 Å². The highest BCUT2D eigenvalue weighted by Gasteiger charge is 2.16. The topological polar surface area (TPSA) is 57.0 Å². The molecule has 1 unspecified atom stereocenters. The van der Waals surface area contributed by atoms with Gasteiger partial charge >= 0.3 is 0 Å². The number of rotatable bonds is 2. The Morgan fingerprint density at radius 2 is 1.26 bits per heavy atom. The van der Waals surface area contributed by atoms with Crippen molar-refractivity contribution in [1.29, 1.82) is 0 Å². The normalized spacial score (nSPS) is 12.7. The van der Waals surface area contributed by atoms with Gasteiger partial charge in [0.2, 0.25) is 0 Å². The first-order valence-corrected chi connectivity index (χ1v) is 7.79. The molecular formula is C20H19N3. The smallest absolute Gasteiger partial charge is 0.0563 e. The van der Waals surface area contributed by atoms with E-state index >= 15 is 0 Å². The van der Waals surface area contributed by atoms with Gasteiger partial charge in [-0.1, -0.05) is 42.5 Å². The number of nitrogen functional groups attached to an aromatic ring is 2. The third kappa shape index (κ3) is 2.13. The Labute approximate surface area is 135 Å². The van der Waals surface area contributed by atoms with Crippen molar-refractivity contribution in [1.82, 2.24) is 4.57 Å². The summed E-state index contributed by atoms with van der Waals surface area (Å²) in [5.41, 5.74) is 17.2. The molecule has 0 spiro atoms. The number of hydrogen-bond acceptors (Lipinski definition) is 2. The van der Waals surface area contributed by atoms with Crippen molar-refractivity contribution in [3.8, 4) is 0 Å². The van der Waals surface area contributed by atoms with Crippen molar-refractivity contribution in [3.05, 3.63) is 72.3 Å². The molecule has 0 bridgehead atoms. The molecule has 4 rings (SSSR count). The Morgan fingerprint density at radius 3 is 1.78 bits per heavy atom. The lowest BCUT2D eigenvalue weighted by atomic mass is 10.1. The van der Waals surface area contributed by atoms with Gasteiger partial charge in [-0.2, -0.15) is 0 Å². The summed E-state index contributed by atoms with van der Waals surface area (Å²) in [4.78, 5) is 0. The number of nitrogens with two attached hydrogens (primary N) is 2. The zero-order valence-electron chi connectivity index (χ0n) is 13.0. The summed E-state index contributed by atoms with van der Waals surface area (Å²) in [5, 5.41) is 2.41. The Kier molecular flexibility index (Phi) is 3.01. The zero-order valence-corrected chi connectivity index (χ0v) is 13.0. The fourth-order valence-electron chi connectivity index (χ4n) is 3.38. The molecule has 23 heavy (non-hydrogen) atoms. The number of nitrogens with zero attached hydrogens (tertiary/aromatic N) is 1. The molecular weight excluding hydrogens is 282 g/mol. The predicted molar refractivity (Wildman–Crippen MR) is 98.5 cm³/mol. The minimum Gasteiger partial charge on any atom is -0.399 e. The van der Waals surface area contributed by atoms with Gasteiger partial charge in [-0.15, -0.1) is 0 Å². The maximum atomic E-state index is 6.05. The highest BCUT2D eigenvalue weighted by molar-refractivity contribution is 6.09. The molecule has 4 aromatic rings. The molecule has 1 atom stereocenters. The van der Waals surface area contributed by atoms with Crippen molar-refractivity contribution in [2.24, 2.45) is 0 Å². The third-order valence-corrected chi connectivity index (χ3v) is 4.52. The Morgan fingerprint density at radius 1 is 0.739 bits per heavy atom. The summed E-state index contributed by atoms with van der Waals surface area (Å²) in [5.74, 6) is 0. The third-order valence-electron chi connectivity index (χ3n) is 4.52. The van der Waals surface area contributed by atoms with Gasteiger partial charge in [-0.05, 0) is 36.8 Å².